The maximum absolute atomic E-state index is 11.1. The van der Waals surface area contributed by atoms with E-state index in [-0.39, 0.29) is 11.8 Å². The third-order valence-electron chi connectivity index (χ3n) is 4.44. The number of carboxylic acids is 1. The van der Waals surface area contributed by atoms with E-state index in [1.165, 1.54) is 0 Å². The van der Waals surface area contributed by atoms with Crippen molar-refractivity contribution in [3.63, 3.8) is 0 Å². The van der Waals surface area contributed by atoms with Gasteiger partial charge in [0.2, 0.25) is 0 Å². The Kier molecular flexibility index (Phi) is 1.94. The molecule has 4 bridgehead atoms. The summed E-state index contributed by atoms with van der Waals surface area (Å²) in [6.45, 7) is 2.09. The van der Waals surface area contributed by atoms with Gasteiger partial charge in [0.15, 0.2) is 0 Å². The zero-order chi connectivity index (χ0) is 10.8. The molecule has 4 heteroatoms. The van der Waals surface area contributed by atoms with Crippen molar-refractivity contribution in [1.82, 2.24) is 0 Å². The van der Waals surface area contributed by atoms with E-state index in [0.717, 1.165) is 18.6 Å². The van der Waals surface area contributed by atoms with Crippen LogP contribution in [-0.2, 0) is 4.79 Å². The molecular formula is C11H16O3S. The lowest BCUT2D eigenvalue weighted by Gasteiger charge is -2.28. The molecule has 0 amide bonds. The minimum Gasteiger partial charge on any atom is -0.481 e. The quantitative estimate of drug-likeness (QED) is 0.714. The summed E-state index contributed by atoms with van der Waals surface area (Å²) in [5, 5.41) is 19.7. The standard InChI is InChI=1S/C11H16O3S/c1-2-3-15-11(14)6-4-5-7(9(5)11)8(6)10(12)13/h5-9,14H,2-4H2,1H3,(H,12,13). The van der Waals surface area contributed by atoms with E-state index in [1.807, 2.05) is 0 Å². The van der Waals surface area contributed by atoms with Crippen molar-refractivity contribution in [1.29, 1.82) is 0 Å². The average molecular weight is 228 g/mol. The molecule has 3 nitrogen and oxygen atoms in total. The van der Waals surface area contributed by atoms with Gasteiger partial charge in [0.25, 0.3) is 0 Å². The van der Waals surface area contributed by atoms with Crippen LogP contribution in [0.2, 0.25) is 0 Å². The lowest BCUT2D eigenvalue weighted by molar-refractivity contribution is -0.143. The van der Waals surface area contributed by atoms with Gasteiger partial charge in [-0.05, 0) is 30.4 Å². The lowest BCUT2D eigenvalue weighted by Crippen LogP contribution is -2.33. The normalized spacial score (nSPS) is 54.7. The first-order valence-electron chi connectivity index (χ1n) is 5.70. The SMILES string of the molecule is CCCSC1(O)C2CC3C(C2C(=O)O)C31. The Bertz CT molecular complexity index is 319. The van der Waals surface area contributed by atoms with Crippen molar-refractivity contribution in [2.24, 2.45) is 29.6 Å². The van der Waals surface area contributed by atoms with Gasteiger partial charge in [0.1, 0.15) is 4.93 Å². The third kappa shape index (κ3) is 1.04. The highest BCUT2D eigenvalue weighted by molar-refractivity contribution is 8.00. The minimum absolute atomic E-state index is 0.0200. The number of hydrogen-bond acceptors (Lipinski definition) is 3. The molecule has 6 unspecified atom stereocenters. The number of aliphatic hydroxyl groups is 1. The fourth-order valence-corrected chi connectivity index (χ4v) is 5.48. The molecule has 84 valence electrons. The molecule has 15 heavy (non-hydrogen) atoms. The van der Waals surface area contributed by atoms with E-state index >= 15 is 0 Å². The highest BCUT2D eigenvalue weighted by Gasteiger charge is 2.81. The number of rotatable bonds is 4. The number of hydrogen-bond donors (Lipinski definition) is 2. The topological polar surface area (TPSA) is 57.5 Å². The van der Waals surface area contributed by atoms with E-state index in [4.69, 9.17) is 5.11 Å². The van der Waals surface area contributed by atoms with Crippen molar-refractivity contribution in [3.8, 4) is 0 Å². The Labute approximate surface area is 93.2 Å². The predicted octanol–water partition coefficient (Wildman–Crippen LogP) is 1.41. The Morgan fingerprint density at radius 2 is 2.33 bits per heavy atom. The molecule has 0 spiro atoms. The molecule has 0 aromatic rings. The van der Waals surface area contributed by atoms with Crippen LogP contribution in [-0.4, -0.2) is 26.9 Å². The van der Waals surface area contributed by atoms with Crippen LogP contribution in [0.25, 0.3) is 0 Å². The number of carboxylic acid groups (broad SMARTS) is 1. The summed E-state index contributed by atoms with van der Waals surface area (Å²) in [4.78, 5) is 10.4. The molecule has 2 N–H and O–H groups in total. The Morgan fingerprint density at radius 1 is 1.60 bits per heavy atom. The molecule has 6 atom stereocenters. The van der Waals surface area contributed by atoms with Crippen molar-refractivity contribution in [2.45, 2.75) is 24.7 Å². The number of thioether (sulfide) groups is 1. The summed E-state index contributed by atoms with van der Waals surface area (Å²) in [5.41, 5.74) is 0. The van der Waals surface area contributed by atoms with Gasteiger partial charge in [-0.1, -0.05) is 6.92 Å². The Hall–Kier alpha value is -0.220. The monoisotopic (exact) mass is 228 g/mol. The molecule has 0 saturated heterocycles. The Morgan fingerprint density at radius 3 is 2.80 bits per heavy atom. The molecule has 4 saturated carbocycles. The lowest BCUT2D eigenvalue weighted by atomic mass is 9.97. The average Bonchev–Trinajstić information content (AvgIpc) is 2.53. The minimum atomic E-state index is -0.700. The van der Waals surface area contributed by atoms with Crippen LogP contribution in [0.15, 0.2) is 0 Å². The maximum atomic E-state index is 11.1. The maximum Gasteiger partial charge on any atom is 0.307 e. The van der Waals surface area contributed by atoms with Crippen molar-refractivity contribution >= 4 is 17.7 Å². The van der Waals surface area contributed by atoms with E-state index in [1.54, 1.807) is 11.8 Å². The largest absolute Gasteiger partial charge is 0.481 e. The van der Waals surface area contributed by atoms with Gasteiger partial charge >= 0.3 is 5.97 Å². The molecule has 4 aliphatic carbocycles. The van der Waals surface area contributed by atoms with Gasteiger partial charge in [-0.25, -0.2) is 0 Å². The second kappa shape index (κ2) is 2.92. The fraction of sp³-hybridized carbons (Fsp3) is 0.909. The van der Waals surface area contributed by atoms with Gasteiger partial charge in [-0.2, -0.15) is 0 Å². The summed E-state index contributed by atoms with van der Waals surface area (Å²) in [6.07, 6.45) is 1.99. The van der Waals surface area contributed by atoms with E-state index < -0.39 is 10.9 Å². The van der Waals surface area contributed by atoms with E-state index in [0.29, 0.717) is 17.8 Å². The highest BCUT2D eigenvalue weighted by Crippen LogP contribution is 2.79. The van der Waals surface area contributed by atoms with Crippen LogP contribution in [0, 0.1) is 29.6 Å². The van der Waals surface area contributed by atoms with Gasteiger partial charge < -0.3 is 10.2 Å². The van der Waals surface area contributed by atoms with Gasteiger partial charge in [-0.15, -0.1) is 11.8 Å². The van der Waals surface area contributed by atoms with E-state index in [9.17, 15) is 9.90 Å². The molecule has 0 aromatic carbocycles. The zero-order valence-electron chi connectivity index (χ0n) is 8.72. The van der Waals surface area contributed by atoms with Crippen LogP contribution < -0.4 is 0 Å². The number of aliphatic carboxylic acids is 1. The summed E-state index contributed by atoms with van der Waals surface area (Å²) >= 11 is 1.60. The second-order valence-corrected chi connectivity index (χ2v) is 6.42. The van der Waals surface area contributed by atoms with Crippen LogP contribution in [0.5, 0.6) is 0 Å². The molecule has 4 aliphatic rings. The summed E-state index contributed by atoms with van der Waals surface area (Å²) in [7, 11) is 0. The van der Waals surface area contributed by atoms with Gasteiger partial charge in [-0.3, -0.25) is 4.79 Å². The first kappa shape index (κ1) is 9.97. The van der Waals surface area contributed by atoms with Crippen molar-refractivity contribution in [3.05, 3.63) is 0 Å². The molecule has 0 heterocycles. The first-order chi connectivity index (χ1) is 7.11. The molecule has 0 radical (unpaired) electrons. The van der Waals surface area contributed by atoms with Crippen LogP contribution >= 0.6 is 11.8 Å². The smallest absolute Gasteiger partial charge is 0.307 e. The van der Waals surface area contributed by atoms with Crippen molar-refractivity contribution < 1.29 is 15.0 Å². The summed E-state index contributed by atoms with van der Waals surface area (Å²) < 4.78 is 0. The predicted molar refractivity (Wildman–Crippen MR) is 57.4 cm³/mol. The molecular weight excluding hydrogens is 212 g/mol. The molecule has 4 rings (SSSR count). The molecule has 0 aromatic heterocycles. The fourth-order valence-electron chi connectivity index (χ4n) is 3.96. The van der Waals surface area contributed by atoms with Gasteiger partial charge in [0, 0.05) is 11.8 Å². The van der Waals surface area contributed by atoms with Crippen LogP contribution in [0.4, 0.5) is 0 Å². The van der Waals surface area contributed by atoms with Crippen molar-refractivity contribution in [2.75, 3.05) is 5.75 Å². The third-order valence-corrected chi connectivity index (χ3v) is 6.08. The number of carbonyl (C=O) groups is 1. The summed E-state index contributed by atoms with van der Waals surface area (Å²) in [6, 6.07) is 0. The first-order valence-corrected chi connectivity index (χ1v) is 6.69. The van der Waals surface area contributed by atoms with Crippen LogP contribution in [0.1, 0.15) is 19.8 Å². The van der Waals surface area contributed by atoms with Crippen LogP contribution in [0.3, 0.4) is 0 Å². The highest BCUT2D eigenvalue weighted by atomic mass is 32.2. The Balaban J connectivity index is 1.82. The van der Waals surface area contributed by atoms with E-state index in [2.05, 4.69) is 6.92 Å². The molecule has 4 fully saturated rings. The molecule has 0 aliphatic heterocycles. The summed E-state index contributed by atoms with van der Waals surface area (Å²) in [5.74, 6) is 1.12. The van der Waals surface area contributed by atoms with Gasteiger partial charge in [0.05, 0.1) is 5.92 Å². The second-order valence-electron chi connectivity index (χ2n) is 5.07. The zero-order valence-corrected chi connectivity index (χ0v) is 9.54.